The Morgan fingerprint density at radius 3 is 2.64 bits per heavy atom. The van der Waals surface area contributed by atoms with Crippen molar-refractivity contribution in [3.05, 3.63) is 34.2 Å². The molecule has 0 spiro atoms. The molecule has 6 nitrogen and oxygen atoms in total. The monoisotopic (exact) mass is 305 g/mol. The summed E-state index contributed by atoms with van der Waals surface area (Å²) in [6, 6.07) is 3.29. The number of pyridine rings is 1. The van der Waals surface area contributed by atoms with E-state index in [2.05, 4.69) is 5.32 Å². The number of hydrogen-bond acceptors (Lipinski definition) is 3. The van der Waals surface area contributed by atoms with E-state index in [-0.39, 0.29) is 22.9 Å². The summed E-state index contributed by atoms with van der Waals surface area (Å²) in [6.45, 7) is 3.76. The van der Waals surface area contributed by atoms with Gasteiger partial charge in [-0.15, -0.1) is 0 Å². The molecule has 1 aromatic rings. The first-order chi connectivity index (χ1) is 10.5. The molecule has 0 saturated carbocycles. The largest absolute Gasteiger partial charge is 0.356 e. The first-order valence-corrected chi connectivity index (χ1v) is 7.74. The van der Waals surface area contributed by atoms with Gasteiger partial charge in [0.15, 0.2) is 0 Å². The fourth-order valence-electron chi connectivity index (χ4n) is 2.65. The van der Waals surface area contributed by atoms with E-state index in [1.54, 1.807) is 30.3 Å². The Kier molecular flexibility index (Phi) is 5.35. The van der Waals surface area contributed by atoms with Gasteiger partial charge in [-0.3, -0.25) is 14.4 Å². The fourth-order valence-corrected chi connectivity index (χ4v) is 2.65. The molecule has 6 heteroatoms. The van der Waals surface area contributed by atoms with Crippen molar-refractivity contribution in [2.75, 3.05) is 19.6 Å². The zero-order valence-corrected chi connectivity index (χ0v) is 13.2. The van der Waals surface area contributed by atoms with E-state index in [0.717, 1.165) is 12.8 Å². The van der Waals surface area contributed by atoms with E-state index < -0.39 is 0 Å². The zero-order valence-electron chi connectivity index (χ0n) is 13.2. The molecular weight excluding hydrogens is 282 g/mol. The number of carbonyl (C=O) groups is 2. The number of aryl methyl sites for hydroxylation is 1. The maximum Gasteiger partial charge on any atom is 0.263 e. The zero-order chi connectivity index (χ0) is 16.1. The molecule has 1 aromatic heterocycles. The standard InChI is InChI=1S/C16H23N3O3/c1-3-14(20)17-11-12-6-9-19(10-7-12)16(22)13-5-4-8-18(2)15(13)21/h4-5,8,12H,3,6-7,9-11H2,1-2H3,(H,17,20). The summed E-state index contributed by atoms with van der Waals surface area (Å²) < 4.78 is 1.42. The van der Waals surface area contributed by atoms with Crippen LogP contribution in [0.4, 0.5) is 0 Å². The highest BCUT2D eigenvalue weighted by molar-refractivity contribution is 5.93. The van der Waals surface area contributed by atoms with Crippen LogP contribution in [0.15, 0.2) is 23.1 Å². The third-order valence-corrected chi connectivity index (χ3v) is 4.16. The highest BCUT2D eigenvalue weighted by atomic mass is 16.2. The SMILES string of the molecule is CCC(=O)NCC1CCN(C(=O)c2cccn(C)c2=O)CC1. The minimum Gasteiger partial charge on any atom is -0.356 e. The predicted octanol–water partition coefficient (Wildman–Crippen LogP) is 0.764. The van der Waals surface area contributed by atoms with Gasteiger partial charge in [-0.25, -0.2) is 0 Å². The smallest absolute Gasteiger partial charge is 0.263 e. The molecule has 0 unspecified atom stereocenters. The minimum atomic E-state index is -0.259. The number of rotatable bonds is 4. The summed E-state index contributed by atoms with van der Waals surface area (Å²) in [7, 11) is 1.64. The van der Waals surface area contributed by atoms with Crippen molar-refractivity contribution in [1.82, 2.24) is 14.8 Å². The van der Waals surface area contributed by atoms with Gasteiger partial charge in [-0.2, -0.15) is 0 Å². The van der Waals surface area contributed by atoms with Crippen LogP contribution in [0.2, 0.25) is 0 Å². The molecule has 0 bridgehead atoms. The van der Waals surface area contributed by atoms with Crippen LogP contribution in [-0.4, -0.2) is 40.9 Å². The Hall–Kier alpha value is -2.11. The molecule has 120 valence electrons. The molecule has 1 fully saturated rings. The highest BCUT2D eigenvalue weighted by Gasteiger charge is 2.25. The van der Waals surface area contributed by atoms with Gasteiger partial charge in [0, 0.05) is 39.3 Å². The predicted molar refractivity (Wildman–Crippen MR) is 83.6 cm³/mol. The van der Waals surface area contributed by atoms with Crippen molar-refractivity contribution in [3.8, 4) is 0 Å². The second kappa shape index (κ2) is 7.24. The van der Waals surface area contributed by atoms with Crippen LogP contribution in [0, 0.1) is 5.92 Å². The van der Waals surface area contributed by atoms with Gasteiger partial charge in [0.2, 0.25) is 5.91 Å². The Balaban J connectivity index is 1.91. The van der Waals surface area contributed by atoms with Crippen LogP contribution in [0.25, 0.3) is 0 Å². The van der Waals surface area contributed by atoms with Crippen LogP contribution in [0.5, 0.6) is 0 Å². The number of carbonyl (C=O) groups excluding carboxylic acids is 2. The number of aromatic nitrogens is 1. The van der Waals surface area contributed by atoms with Gasteiger partial charge in [0.1, 0.15) is 5.56 Å². The Labute approximate surface area is 130 Å². The number of likely N-dealkylation sites (tertiary alicyclic amines) is 1. The number of piperidine rings is 1. The van der Waals surface area contributed by atoms with Crippen molar-refractivity contribution in [1.29, 1.82) is 0 Å². The van der Waals surface area contributed by atoms with E-state index in [1.807, 2.05) is 6.92 Å². The van der Waals surface area contributed by atoms with E-state index in [1.165, 1.54) is 4.57 Å². The lowest BCUT2D eigenvalue weighted by Gasteiger charge is -2.32. The Bertz CT molecular complexity index is 601. The van der Waals surface area contributed by atoms with Crippen molar-refractivity contribution in [3.63, 3.8) is 0 Å². The number of nitrogens with zero attached hydrogens (tertiary/aromatic N) is 2. The average Bonchev–Trinajstić information content (AvgIpc) is 2.55. The van der Waals surface area contributed by atoms with Crippen LogP contribution in [-0.2, 0) is 11.8 Å². The van der Waals surface area contributed by atoms with Gasteiger partial charge < -0.3 is 14.8 Å². The summed E-state index contributed by atoms with van der Waals surface area (Å²) >= 11 is 0. The maximum atomic E-state index is 12.4. The second-order valence-electron chi connectivity index (χ2n) is 5.73. The van der Waals surface area contributed by atoms with E-state index in [9.17, 15) is 14.4 Å². The normalized spacial score (nSPS) is 15.6. The molecule has 0 radical (unpaired) electrons. The van der Waals surface area contributed by atoms with Gasteiger partial charge in [0.25, 0.3) is 11.5 Å². The summed E-state index contributed by atoms with van der Waals surface area (Å²) in [5.74, 6) is 0.265. The highest BCUT2D eigenvalue weighted by Crippen LogP contribution is 2.17. The number of amides is 2. The number of nitrogens with one attached hydrogen (secondary N) is 1. The van der Waals surface area contributed by atoms with Crippen LogP contribution < -0.4 is 10.9 Å². The molecule has 2 heterocycles. The maximum absolute atomic E-state index is 12.4. The van der Waals surface area contributed by atoms with Crippen LogP contribution >= 0.6 is 0 Å². The summed E-state index contributed by atoms with van der Waals surface area (Å²) in [4.78, 5) is 37.4. The average molecular weight is 305 g/mol. The summed E-state index contributed by atoms with van der Waals surface area (Å²) in [6.07, 6.45) is 3.84. The van der Waals surface area contributed by atoms with Crippen molar-refractivity contribution in [2.24, 2.45) is 13.0 Å². The fraction of sp³-hybridized carbons (Fsp3) is 0.562. The second-order valence-corrected chi connectivity index (χ2v) is 5.73. The topological polar surface area (TPSA) is 71.4 Å². The molecule has 22 heavy (non-hydrogen) atoms. The molecule has 0 aromatic carbocycles. The molecule has 1 N–H and O–H groups in total. The third kappa shape index (κ3) is 3.75. The summed E-state index contributed by atoms with van der Waals surface area (Å²) in [5.41, 5.74) is -0.0347. The summed E-state index contributed by atoms with van der Waals surface area (Å²) in [5, 5.41) is 2.90. The third-order valence-electron chi connectivity index (χ3n) is 4.16. The molecule has 1 aliphatic rings. The molecule has 2 rings (SSSR count). The van der Waals surface area contributed by atoms with Gasteiger partial charge in [-0.1, -0.05) is 6.92 Å². The minimum absolute atomic E-state index is 0.0614. The van der Waals surface area contributed by atoms with Crippen molar-refractivity contribution in [2.45, 2.75) is 26.2 Å². The molecule has 1 aliphatic heterocycles. The first kappa shape index (κ1) is 16.3. The molecule has 2 amide bonds. The molecule has 0 aliphatic carbocycles. The van der Waals surface area contributed by atoms with Crippen molar-refractivity contribution < 1.29 is 9.59 Å². The lowest BCUT2D eigenvalue weighted by atomic mass is 9.96. The first-order valence-electron chi connectivity index (χ1n) is 7.74. The Morgan fingerprint density at radius 2 is 2.00 bits per heavy atom. The van der Waals surface area contributed by atoms with Crippen molar-refractivity contribution >= 4 is 11.8 Å². The Morgan fingerprint density at radius 1 is 1.32 bits per heavy atom. The van der Waals surface area contributed by atoms with E-state index in [0.29, 0.717) is 32.0 Å². The van der Waals surface area contributed by atoms with Gasteiger partial charge in [0.05, 0.1) is 0 Å². The molecular formula is C16H23N3O3. The lowest BCUT2D eigenvalue weighted by molar-refractivity contribution is -0.121. The molecule has 0 atom stereocenters. The molecule has 1 saturated heterocycles. The van der Waals surface area contributed by atoms with Gasteiger partial charge >= 0.3 is 0 Å². The lowest BCUT2D eigenvalue weighted by Crippen LogP contribution is -2.43. The quantitative estimate of drug-likeness (QED) is 0.893. The van der Waals surface area contributed by atoms with Crippen LogP contribution in [0.3, 0.4) is 0 Å². The van der Waals surface area contributed by atoms with Crippen LogP contribution in [0.1, 0.15) is 36.5 Å². The van der Waals surface area contributed by atoms with E-state index >= 15 is 0 Å². The number of hydrogen-bond donors (Lipinski definition) is 1. The van der Waals surface area contributed by atoms with E-state index in [4.69, 9.17) is 0 Å². The van der Waals surface area contributed by atoms with Gasteiger partial charge in [-0.05, 0) is 30.9 Å².